The number of carbonyl (C=O) groups is 1. The summed E-state index contributed by atoms with van der Waals surface area (Å²) in [4.78, 5) is 14.0. The van der Waals surface area contributed by atoms with E-state index in [1.54, 1.807) is 13.1 Å². The molecular weight excluding hydrogens is 280 g/mol. The second kappa shape index (κ2) is 7.24. The second-order valence-electron chi connectivity index (χ2n) is 6.38. The van der Waals surface area contributed by atoms with Crippen LogP contribution in [0.15, 0.2) is 12.3 Å². The summed E-state index contributed by atoms with van der Waals surface area (Å²) in [5.41, 5.74) is 0.493. The number of likely N-dealkylation sites (tertiary alicyclic amines) is 1. The lowest BCUT2D eigenvalue weighted by Crippen LogP contribution is -2.38. The summed E-state index contributed by atoms with van der Waals surface area (Å²) >= 11 is 0. The Bertz CT molecular complexity index is 498. The quantitative estimate of drug-likeness (QED) is 0.772. The van der Waals surface area contributed by atoms with Crippen LogP contribution in [-0.4, -0.2) is 60.5 Å². The Hall–Kier alpha value is -1.40. The Morgan fingerprint density at radius 3 is 3.09 bits per heavy atom. The molecule has 1 aliphatic carbocycles. The molecule has 1 aliphatic heterocycles. The van der Waals surface area contributed by atoms with Gasteiger partial charge in [-0.05, 0) is 44.2 Å². The van der Waals surface area contributed by atoms with Gasteiger partial charge in [-0.1, -0.05) is 0 Å². The Balaban J connectivity index is 1.46. The van der Waals surface area contributed by atoms with Gasteiger partial charge in [0.2, 0.25) is 0 Å². The Morgan fingerprint density at radius 2 is 2.32 bits per heavy atom. The van der Waals surface area contributed by atoms with Gasteiger partial charge in [0.05, 0.1) is 12.6 Å². The summed E-state index contributed by atoms with van der Waals surface area (Å²) in [5.74, 6) is 0.709. The zero-order chi connectivity index (χ0) is 15.4. The molecule has 1 atom stereocenters. The molecule has 1 N–H and O–H groups in total. The molecule has 22 heavy (non-hydrogen) atoms. The predicted molar refractivity (Wildman–Crippen MR) is 83.9 cm³/mol. The molecule has 0 unspecified atom stereocenters. The first-order chi connectivity index (χ1) is 10.8. The van der Waals surface area contributed by atoms with Crippen molar-refractivity contribution in [3.8, 4) is 0 Å². The van der Waals surface area contributed by atoms with Crippen LogP contribution in [0, 0.1) is 5.92 Å². The third kappa shape index (κ3) is 4.08. The largest absolute Gasteiger partial charge is 0.380 e. The highest BCUT2D eigenvalue weighted by atomic mass is 16.5. The Morgan fingerprint density at radius 1 is 1.45 bits per heavy atom. The number of nitrogens with one attached hydrogen (secondary N) is 1. The van der Waals surface area contributed by atoms with Crippen LogP contribution in [0.25, 0.3) is 0 Å². The molecule has 1 amide bonds. The van der Waals surface area contributed by atoms with Gasteiger partial charge in [0.15, 0.2) is 0 Å². The monoisotopic (exact) mass is 306 g/mol. The molecule has 6 nitrogen and oxygen atoms in total. The molecule has 1 saturated heterocycles. The van der Waals surface area contributed by atoms with E-state index < -0.39 is 0 Å². The lowest BCUT2D eigenvalue weighted by molar-refractivity contribution is 0.0790. The number of nitrogens with zero attached hydrogens (tertiary/aromatic N) is 3. The lowest BCUT2D eigenvalue weighted by atomic mass is 10.1. The predicted octanol–water partition coefficient (Wildman–Crippen LogP) is 1.31. The minimum Gasteiger partial charge on any atom is -0.380 e. The zero-order valence-electron chi connectivity index (χ0n) is 13.3. The lowest BCUT2D eigenvalue weighted by Gasteiger charge is -2.32. The normalized spacial score (nSPS) is 22.7. The van der Waals surface area contributed by atoms with Gasteiger partial charge in [-0.15, -0.1) is 0 Å². The molecule has 1 aromatic rings. The number of aromatic nitrogens is 2. The summed E-state index contributed by atoms with van der Waals surface area (Å²) in [6.07, 6.45) is 6.90. The van der Waals surface area contributed by atoms with Crippen molar-refractivity contribution >= 4 is 5.91 Å². The van der Waals surface area contributed by atoms with E-state index in [1.165, 1.54) is 19.3 Å². The van der Waals surface area contributed by atoms with Crippen molar-refractivity contribution in [2.24, 2.45) is 5.92 Å². The van der Waals surface area contributed by atoms with Crippen LogP contribution in [-0.2, 0) is 4.74 Å². The number of carbonyl (C=O) groups excluding carboxylic acids is 1. The van der Waals surface area contributed by atoms with E-state index in [9.17, 15) is 4.79 Å². The topological polar surface area (TPSA) is 59.4 Å². The van der Waals surface area contributed by atoms with E-state index in [0.717, 1.165) is 45.2 Å². The maximum absolute atomic E-state index is 11.6. The van der Waals surface area contributed by atoms with Crippen molar-refractivity contribution in [2.45, 2.75) is 31.7 Å². The highest BCUT2D eigenvalue weighted by molar-refractivity contribution is 5.91. The molecule has 1 saturated carbocycles. The molecule has 6 heteroatoms. The van der Waals surface area contributed by atoms with Crippen LogP contribution < -0.4 is 5.32 Å². The molecule has 1 aromatic heterocycles. The molecule has 2 aliphatic rings. The van der Waals surface area contributed by atoms with Crippen molar-refractivity contribution < 1.29 is 9.53 Å². The van der Waals surface area contributed by atoms with E-state index >= 15 is 0 Å². The van der Waals surface area contributed by atoms with Gasteiger partial charge in [0.25, 0.3) is 5.91 Å². The Kier molecular flexibility index (Phi) is 5.10. The fraction of sp³-hybridized carbons (Fsp3) is 0.750. The van der Waals surface area contributed by atoms with Gasteiger partial charge in [-0.25, -0.2) is 0 Å². The summed E-state index contributed by atoms with van der Waals surface area (Å²) < 4.78 is 7.68. The molecule has 3 rings (SSSR count). The van der Waals surface area contributed by atoms with E-state index in [2.05, 4.69) is 15.3 Å². The van der Waals surface area contributed by atoms with Crippen LogP contribution in [0.1, 0.15) is 42.2 Å². The van der Waals surface area contributed by atoms with Crippen molar-refractivity contribution in [1.82, 2.24) is 20.0 Å². The van der Waals surface area contributed by atoms with E-state index in [-0.39, 0.29) is 5.91 Å². The van der Waals surface area contributed by atoms with Crippen LogP contribution >= 0.6 is 0 Å². The number of piperidine rings is 1. The van der Waals surface area contributed by atoms with Gasteiger partial charge in [-0.3, -0.25) is 14.4 Å². The smallest absolute Gasteiger partial charge is 0.271 e. The molecule has 122 valence electrons. The minimum atomic E-state index is -0.125. The second-order valence-corrected chi connectivity index (χ2v) is 6.38. The molecule has 0 radical (unpaired) electrons. The first kappa shape index (κ1) is 15.5. The van der Waals surface area contributed by atoms with E-state index in [4.69, 9.17) is 4.74 Å². The van der Waals surface area contributed by atoms with Gasteiger partial charge >= 0.3 is 0 Å². The number of amides is 1. The molecule has 0 bridgehead atoms. The van der Waals surface area contributed by atoms with Crippen LogP contribution in [0.3, 0.4) is 0 Å². The fourth-order valence-corrected chi connectivity index (χ4v) is 2.97. The number of hydrogen-bond donors (Lipinski definition) is 1. The summed E-state index contributed by atoms with van der Waals surface area (Å²) in [6.45, 7) is 4.87. The standard InChI is InChI=1S/C16H26N4O2/c1-17-16(21)15-6-8-20(18-15)14-3-2-7-19(11-14)9-10-22-12-13-4-5-13/h6,8,13-14H,2-5,7,9-12H2,1H3,(H,17,21)/t14-/m0/s1. The van der Waals surface area contributed by atoms with Gasteiger partial charge in [0.1, 0.15) is 5.69 Å². The zero-order valence-corrected chi connectivity index (χ0v) is 13.3. The molecular formula is C16H26N4O2. The molecule has 2 heterocycles. The van der Waals surface area contributed by atoms with Crippen LogP contribution in [0.5, 0.6) is 0 Å². The minimum absolute atomic E-state index is 0.125. The fourth-order valence-electron chi connectivity index (χ4n) is 2.97. The third-order valence-electron chi connectivity index (χ3n) is 4.53. The first-order valence-corrected chi connectivity index (χ1v) is 8.33. The average Bonchev–Trinajstić information content (AvgIpc) is 3.24. The van der Waals surface area contributed by atoms with E-state index in [0.29, 0.717) is 11.7 Å². The first-order valence-electron chi connectivity index (χ1n) is 8.33. The maximum atomic E-state index is 11.6. The van der Waals surface area contributed by atoms with Gasteiger partial charge < -0.3 is 10.1 Å². The number of rotatable bonds is 7. The third-order valence-corrected chi connectivity index (χ3v) is 4.53. The van der Waals surface area contributed by atoms with Crippen LogP contribution in [0.4, 0.5) is 0 Å². The summed E-state index contributed by atoms with van der Waals surface area (Å²) in [7, 11) is 1.63. The summed E-state index contributed by atoms with van der Waals surface area (Å²) in [5, 5.41) is 7.03. The highest BCUT2D eigenvalue weighted by Crippen LogP contribution is 2.28. The highest BCUT2D eigenvalue weighted by Gasteiger charge is 2.23. The van der Waals surface area contributed by atoms with Crippen molar-refractivity contribution in [3.05, 3.63) is 18.0 Å². The summed E-state index contributed by atoms with van der Waals surface area (Å²) in [6, 6.07) is 2.15. The molecule has 0 aromatic carbocycles. The van der Waals surface area contributed by atoms with E-state index in [1.807, 2.05) is 10.9 Å². The van der Waals surface area contributed by atoms with Crippen molar-refractivity contribution in [3.63, 3.8) is 0 Å². The van der Waals surface area contributed by atoms with Crippen LogP contribution in [0.2, 0.25) is 0 Å². The van der Waals surface area contributed by atoms with Gasteiger partial charge in [-0.2, -0.15) is 5.10 Å². The van der Waals surface area contributed by atoms with Gasteiger partial charge in [0, 0.05) is 32.9 Å². The molecule has 2 fully saturated rings. The number of hydrogen-bond acceptors (Lipinski definition) is 4. The number of ether oxygens (including phenoxy) is 1. The van der Waals surface area contributed by atoms with Crippen molar-refractivity contribution in [2.75, 3.05) is 39.9 Å². The van der Waals surface area contributed by atoms with Crippen molar-refractivity contribution in [1.29, 1.82) is 0 Å². The molecule has 0 spiro atoms. The Labute approximate surface area is 131 Å². The average molecular weight is 306 g/mol. The maximum Gasteiger partial charge on any atom is 0.271 e. The SMILES string of the molecule is CNC(=O)c1ccn([C@H]2CCCN(CCOCC3CC3)C2)n1.